The third kappa shape index (κ3) is 5.19. The van der Waals surface area contributed by atoms with E-state index in [1.165, 1.54) is 0 Å². The van der Waals surface area contributed by atoms with Gasteiger partial charge in [-0.2, -0.15) is 5.10 Å². The molecular formula is C24H27N3O2. The van der Waals surface area contributed by atoms with Crippen molar-refractivity contribution in [2.24, 2.45) is 5.92 Å². The van der Waals surface area contributed by atoms with Crippen LogP contribution in [-0.2, 0) is 13.0 Å². The Morgan fingerprint density at radius 3 is 2.52 bits per heavy atom. The van der Waals surface area contributed by atoms with Gasteiger partial charge in [-0.15, -0.1) is 0 Å². The van der Waals surface area contributed by atoms with E-state index in [1.807, 2.05) is 47.2 Å². The van der Waals surface area contributed by atoms with E-state index < -0.39 is 5.97 Å². The van der Waals surface area contributed by atoms with Crippen LogP contribution in [0.5, 0.6) is 0 Å². The fourth-order valence-corrected chi connectivity index (χ4v) is 3.20. The molecule has 0 aliphatic heterocycles. The van der Waals surface area contributed by atoms with Crippen molar-refractivity contribution in [1.29, 1.82) is 0 Å². The van der Waals surface area contributed by atoms with Crippen LogP contribution in [0.3, 0.4) is 0 Å². The summed E-state index contributed by atoms with van der Waals surface area (Å²) in [6, 6.07) is 15.0. The average Bonchev–Trinajstić information content (AvgIpc) is 3.07. The van der Waals surface area contributed by atoms with Crippen LogP contribution in [0.25, 0.3) is 17.2 Å². The molecule has 5 nitrogen and oxygen atoms in total. The molecule has 0 radical (unpaired) electrons. The Morgan fingerprint density at radius 2 is 1.86 bits per heavy atom. The van der Waals surface area contributed by atoms with Gasteiger partial charge in [0.05, 0.1) is 12.1 Å². The molecule has 29 heavy (non-hydrogen) atoms. The van der Waals surface area contributed by atoms with Crippen molar-refractivity contribution in [3.63, 3.8) is 0 Å². The summed E-state index contributed by atoms with van der Waals surface area (Å²) < 4.78 is 1.93. The minimum Gasteiger partial charge on any atom is -0.478 e. The Balaban J connectivity index is 1.85. The number of carbonyl (C=O) groups is 1. The van der Waals surface area contributed by atoms with Crippen molar-refractivity contribution in [2.75, 3.05) is 0 Å². The molecule has 0 spiro atoms. The van der Waals surface area contributed by atoms with Gasteiger partial charge in [0.1, 0.15) is 0 Å². The van der Waals surface area contributed by atoms with E-state index in [1.54, 1.807) is 12.1 Å². The van der Waals surface area contributed by atoms with Gasteiger partial charge in [-0.05, 0) is 41.2 Å². The molecule has 3 aromatic rings. The highest BCUT2D eigenvalue weighted by Crippen LogP contribution is 2.24. The Hall–Kier alpha value is -3.21. The number of nitrogens with zero attached hydrogens (tertiary/aromatic N) is 3. The minimum atomic E-state index is -0.919. The van der Waals surface area contributed by atoms with Crippen LogP contribution in [0.1, 0.15) is 54.8 Å². The highest BCUT2D eigenvalue weighted by atomic mass is 16.4. The molecule has 0 amide bonds. The van der Waals surface area contributed by atoms with Crippen molar-refractivity contribution in [2.45, 2.75) is 40.2 Å². The highest BCUT2D eigenvalue weighted by molar-refractivity contribution is 5.95. The first-order chi connectivity index (χ1) is 14.0. The Labute approximate surface area is 171 Å². The topological polar surface area (TPSA) is 68.0 Å². The van der Waals surface area contributed by atoms with E-state index in [0.717, 1.165) is 41.2 Å². The van der Waals surface area contributed by atoms with Crippen LogP contribution in [0, 0.1) is 5.92 Å². The number of benzene rings is 2. The van der Waals surface area contributed by atoms with Crippen molar-refractivity contribution in [1.82, 2.24) is 14.8 Å². The number of hydrogen-bond acceptors (Lipinski definition) is 3. The molecule has 150 valence electrons. The van der Waals surface area contributed by atoms with Gasteiger partial charge >= 0.3 is 5.97 Å². The molecule has 1 heterocycles. The third-order valence-electron chi connectivity index (χ3n) is 4.59. The predicted molar refractivity (Wildman–Crippen MR) is 116 cm³/mol. The van der Waals surface area contributed by atoms with Gasteiger partial charge in [0, 0.05) is 6.42 Å². The molecule has 0 aliphatic rings. The summed E-state index contributed by atoms with van der Waals surface area (Å²) in [5.41, 5.74) is 3.01. The molecule has 0 bridgehead atoms. The van der Waals surface area contributed by atoms with E-state index in [0.29, 0.717) is 18.0 Å². The molecule has 0 aliphatic carbocycles. The van der Waals surface area contributed by atoms with Gasteiger partial charge in [0.25, 0.3) is 0 Å². The lowest BCUT2D eigenvalue weighted by molar-refractivity contribution is 0.0697. The lowest BCUT2D eigenvalue weighted by atomic mass is 9.99. The number of allylic oxidation sites excluding steroid dienone is 1. The van der Waals surface area contributed by atoms with Crippen molar-refractivity contribution >= 4 is 12.0 Å². The molecule has 5 heteroatoms. The number of hydrogen-bond donors (Lipinski definition) is 1. The maximum Gasteiger partial charge on any atom is 0.336 e. The molecule has 0 saturated carbocycles. The largest absolute Gasteiger partial charge is 0.478 e. The predicted octanol–water partition coefficient (Wildman–Crippen LogP) is 5.31. The van der Waals surface area contributed by atoms with Gasteiger partial charge in [-0.1, -0.05) is 69.3 Å². The number of carboxylic acid groups (broad SMARTS) is 1. The maximum absolute atomic E-state index is 11.5. The average molecular weight is 389 g/mol. The summed E-state index contributed by atoms with van der Waals surface area (Å²) in [7, 11) is 0. The van der Waals surface area contributed by atoms with Crippen LogP contribution in [0.2, 0.25) is 0 Å². The third-order valence-corrected chi connectivity index (χ3v) is 4.59. The van der Waals surface area contributed by atoms with Gasteiger partial charge < -0.3 is 5.11 Å². The van der Waals surface area contributed by atoms with Crippen molar-refractivity contribution < 1.29 is 9.90 Å². The second-order valence-corrected chi connectivity index (χ2v) is 7.50. The molecule has 0 saturated heterocycles. The van der Waals surface area contributed by atoms with Crippen LogP contribution in [0.4, 0.5) is 0 Å². The first kappa shape index (κ1) is 20.5. The standard InChI is InChI=1S/C24H27N3O2/c1-4-5-10-23-25-22(15-17(2)3)26-27(23)16-18-11-13-19(14-12-18)20-8-6-7-9-21(20)24(28)29/h5-14,17H,4,15-16H2,1-3H3,(H,28,29)/b10-5+. The summed E-state index contributed by atoms with van der Waals surface area (Å²) in [6.07, 6.45) is 5.91. The molecular weight excluding hydrogens is 362 g/mol. The number of rotatable bonds is 8. The first-order valence-electron chi connectivity index (χ1n) is 9.99. The lowest BCUT2D eigenvalue weighted by Gasteiger charge is -2.08. The van der Waals surface area contributed by atoms with Gasteiger partial charge in [-0.3, -0.25) is 0 Å². The monoisotopic (exact) mass is 389 g/mol. The summed E-state index contributed by atoms with van der Waals surface area (Å²) in [5.74, 6) is 1.31. The maximum atomic E-state index is 11.5. The van der Waals surface area contributed by atoms with Crippen molar-refractivity contribution in [3.05, 3.63) is 77.4 Å². The molecule has 0 atom stereocenters. The van der Waals surface area contributed by atoms with E-state index >= 15 is 0 Å². The van der Waals surface area contributed by atoms with Crippen LogP contribution in [-0.4, -0.2) is 25.8 Å². The fourth-order valence-electron chi connectivity index (χ4n) is 3.20. The molecule has 2 aromatic carbocycles. The second kappa shape index (κ2) is 9.32. The SMILES string of the molecule is CC/C=C/c1nc(CC(C)C)nn1Cc1ccc(-c2ccccc2C(=O)O)cc1. The second-order valence-electron chi connectivity index (χ2n) is 7.50. The summed E-state index contributed by atoms with van der Waals surface area (Å²) in [6.45, 7) is 7.04. The Bertz CT molecular complexity index is 1000. The quantitative estimate of drug-likeness (QED) is 0.567. The highest BCUT2D eigenvalue weighted by Gasteiger charge is 2.12. The zero-order valence-corrected chi connectivity index (χ0v) is 17.2. The molecule has 0 fully saturated rings. The Morgan fingerprint density at radius 1 is 1.14 bits per heavy atom. The Kier molecular flexibility index (Phi) is 6.60. The smallest absolute Gasteiger partial charge is 0.336 e. The van der Waals surface area contributed by atoms with Crippen LogP contribution in [0.15, 0.2) is 54.6 Å². The molecule has 3 rings (SSSR count). The van der Waals surface area contributed by atoms with Crippen LogP contribution < -0.4 is 0 Å². The zero-order chi connectivity index (χ0) is 20.8. The zero-order valence-electron chi connectivity index (χ0n) is 17.2. The normalized spacial score (nSPS) is 11.4. The van der Waals surface area contributed by atoms with Crippen LogP contribution >= 0.6 is 0 Å². The molecule has 1 aromatic heterocycles. The molecule has 1 N–H and O–H groups in total. The molecule has 0 unspecified atom stereocenters. The number of carboxylic acids is 1. The lowest BCUT2D eigenvalue weighted by Crippen LogP contribution is -2.05. The van der Waals surface area contributed by atoms with E-state index in [9.17, 15) is 9.90 Å². The number of aromatic carboxylic acids is 1. The van der Waals surface area contributed by atoms with E-state index in [2.05, 4.69) is 31.8 Å². The summed E-state index contributed by atoms with van der Waals surface area (Å²) in [4.78, 5) is 16.2. The van der Waals surface area contributed by atoms with Gasteiger partial charge in [-0.25, -0.2) is 14.5 Å². The fraction of sp³-hybridized carbons (Fsp3) is 0.292. The summed E-state index contributed by atoms with van der Waals surface area (Å²) >= 11 is 0. The van der Waals surface area contributed by atoms with E-state index in [-0.39, 0.29) is 0 Å². The van der Waals surface area contributed by atoms with E-state index in [4.69, 9.17) is 5.10 Å². The van der Waals surface area contributed by atoms with Gasteiger partial charge in [0.2, 0.25) is 0 Å². The van der Waals surface area contributed by atoms with Crippen molar-refractivity contribution in [3.8, 4) is 11.1 Å². The van der Waals surface area contributed by atoms with Gasteiger partial charge in [0.15, 0.2) is 11.6 Å². The summed E-state index contributed by atoms with van der Waals surface area (Å²) in [5, 5.41) is 14.1. The minimum absolute atomic E-state index is 0.307. The number of aromatic nitrogens is 3. The first-order valence-corrected chi connectivity index (χ1v) is 9.99.